The molecule has 1 nitrogen and oxygen atoms in total. The maximum atomic E-state index is 9.09. The van der Waals surface area contributed by atoms with Crippen LogP contribution in [0, 0.1) is 28.6 Å². The first kappa shape index (κ1) is 14.6. The fourth-order valence-corrected chi connectivity index (χ4v) is 3.11. The van der Waals surface area contributed by atoms with Crippen LogP contribution in [0.4, 0.5) is 0 Å². The zero-order valence-corrected chi connectivity index (χ0v) is 12.0. The summed E-state index contributed by atoms with van der Waals surface area (Å²) in [5.41, 5.74) is -0.00793. The van der Waals surface area contributed by atoms with Crippen molar-refractivity contribution in [3.05, 3.63) is 0 Å². The van der Waals surface area contributed by atoms with Crippen LogP contribution in [-0.2, 0) is 0 Å². The lowest BCUT2D eigenvalue weighted by molar-refractivity contribution is 0.215. The molecule has 0 radical (unpaired) electrons. The molecule has 1 aliphatic carbocycles. The Morgan fingerprint density at radius 3 is 2.47 bits per heavy atom. The summed E-state index contributed by atoms with van der Waals surface area (Å²) < 4.78 is 0. The van der Waals surface area contributed by atoms with Crippen molar-refractivity contribution in [3.8, 4) is 6.07 Å². The van der Waals surface area contributed by atoms with Crippen molar-refractivity contribution in [2.24, 2.45) is 17.3 Å². The highest BCUT2D eigenvalue weighted by molar-refractivity contribution is 4.98. The molecule has 0 aromatic rings. The van der Waals surface area contributed by atoms with E-state index in [1.54, 1.807) is 0 Å². The minimum absolute atomic E-state index is 0.00793. The first-order valence-electron chi connectivity index (χ1n) is 7.51. The Bertz CT molecular complexity index is 243. The molecule has 0 aliphatic heterocycles. The molecule has 1 fully saturated rings. The Kier molecular flexibility index (Phi) is 6.03. The quantitative estimate of drug-likeness (QED) is 0.611. The zero-order valence-electron chi connectivity index (χ0n) is 12.0. The lowest BCUT2D eigenvalue weighted by Gasteiger charge is -2.32. The Labute approximate surface area is 108 Å². The third-order valence-electron chi connectivity index (χ3n) is 4.57. The van der Waals surface area contributed by atoms with Crippen molar-refractivity contribution >= 4 is 0 Å². The predicted octanol–water partition coefficient (Wildman–Crippen LogP) is 5.31. The predicted molar refractivity (Wildman–Crippen MR) is 73.6 cm³/mol. The van der Waals surface area contributed by atoms with E-state index in [-0.39, 0.29) is 5.41 Å². The summed E-state index contributed by atoms with van der Waals surface area (Å²) in [6.45, 7) is 6.80. The van der Waals surface area contributed by atoms with Gasteiger partial charge in [0.1, 0.15) is 0 Å². The molecular weight excluding hydrogens is 206 g/mol. The van der Waals surface area contributed by atoms with Crippen LogP contribution < -0.4 is 0 Å². The molecule has 0 amide bonds. The van der Waals surface area contributed by atoms with Crippen molar-refractivity contribution in [1.82, 2.24) is 0 Å². The number of nitrogens with zero attached hydrogens (tertiary/aromatic N) is 1. The third kappa shape index (κ3) is 5.11. The van der Waals surface area contributed by atoms with E-state index in [2.05, 4.69) is 26.8 Å². The molecule has 1 aliphatic rings. The van der Waals surface area contributed by atoms with Crippen LogP contribution in [0.3, 0.4) is 0 Å². The lowest BCUT2D eigenvalue weighted by Crippen LogP contribution is -2.22. The van der Waals surface area contributed by atoms with Gasteiger partial charge in [0.25, 0.3) is 0 Å². The summed E-state index contributed by atoms with van der Waals surface area (Å²) >= 11 is 0. The molecule has 0 N–H and O–H groups in total. The Hall–Kier alpha value is -0.510. The molecule has 0 aromatic carbocycles. The SMILES string of the molecule is CCCC(C)CCCC1CCC(C)(C#N)CC1. The van der Waals surface area contributed by atoms with Gasteiger partial charge in [-0.2, -0.15) is 5.26 Å². The number of rotatable bonds is 6. The molecule has 0 heterocycles. The Balaban J connectivity index is 2.13. The van der Waals surface area contributed by atoms with Crippen LogP contribution in [0.5, 0.6) is 0 Å². The van der Waals surface area contributed by atoms with Crippen LogP contribution in [0.25, 0.3) is 0 Å². The summed E-state index contributed by atoms with van der Waals surface area (Å²) in [4.78, 5) is 0. The van der Waals surface area contributed by atoms with Gasteiger partial charge in [-0.3, -0.25) is 0 Å². The van der Waals surface area contributed by atoms with Crippen LogP contribution in [0.15, 0.2) is 0 Å². The van der Waals surface area contributed by atoms with Crippen molar-refractivity contribution in [1.29, 1.82) is 5.26 Å². The standard InChI is InChI=1S/C16H29N/c1-4-6-14(2)7-5-8-15-9-11-16(3,13-17)12-10-15/h14-15H,4-12H2,1-3H3. The first-order valence-corrected chi connectivity index (χ1v) is 7.51. The molecule has 0 saturated heterocycles. The summed E-state index contributed by atoms with van der Waals surface area (Å²) in [6.07, 6.45) is 11.7. The maximum absolute atomic E-state index is 9.09. The molecule has 17 heavy (non-hydrogen) atoms. The largest absolute Gasteiger partial charge is 0.198 e. The highest BCUT2D eigenvalue weighted by atomic mass is 14.4. The third-order valence-corrected chi connectivity index (χ3v) is 4.57. The van der Waals surface area contributed by atoms with Crippen molar-refractivity contribution in [2.45, 2.75) is 78.6 Å². The van der Waals surface area contributed by atoms with Gasteiger partial charge in [-0.15, -0.1) is 0 Å². The molecule has 1 unspecified atom stereocenters. The molecule has 1 rings (SSSR count). The highest BCUT2D eigenvalue weighted by Crippen LogP contribution is 2.39. The van der Waals surface area contributed by atoms with Crippen molar-refractivity contribution in [3.63, 3.8) is 0 Å². The second-order valence-electron chi connectivity index (χ2n) is 6.44. The van der Waals surface area contributed by atoms with Crippen LogP contribution in [-0.4, -0.2) is 0 Å². The minimum atomic E-state index is -0.00793. The minimum Gasteiger partial charge on any atom is -0.198 e. The monoisotopic (exact) mass is 235 g/mol. The first-order chi connectivity index (χ1) is 8.09. The van der Waals surface area contributed by atoms with Gasteiger partial charge >= 0.3 is 0 Å². The van der Waals surface area contributed by atoms with Gasteiger partial charge in [-0.05, 0) is 44.4 Å². The number of hydrogen-bond donors (Lipinski definition) is 0. The van der Waals surface area contributed by atoms with E-state index < -0.39 is 0 Å². The highest BCUT2D eigenvalue weighted by Gasteiger charge is 2.30. The number of hydrogen-bond acceptors (Lipinski definition) is 1. The van der Waals surface area contributed by atoms with Crippen LogP contribution in [0.1, 0.15) is 78.6 Å². The molecule has 98 valence electrons. The molecule has 0 bridgehead atoms. The smallest absolute Gasteiger partial charge is 0.0686 e. The van der Waals surface area contributed by atoms with Crippen LogP contribution in [0.2, 0.25) is 0 Å². The van der Waals surface area contributed by atoms with Gasteiger partial charge in [0, 0.05) is 0 Å². The molecule has 1 atom stereocenters. The summed E-state index contributed by atoms with van der Waals surface area (Å²) in [5, 5.41) is 9.09. The van der Waals surface area contributed by atoms with Crippen molar-refractivity contribution < 1.29 is 0 Å². The average Bonchev–Trinajstić information content (AvgIpc) is 2.32. The topological polar surface area (TPSA) is 23.8 Å². The molecule has 1 saturated carbocycles. The van der Waals surface area contributed by atoms with Gasteiger partial charge in [-0.25, -0.2) is 0 Å². The summed E-state index contributed by atoms with van der Waals surface area (Å²) in [7, 11) is 0. The molecule has 0 spiro atoms. The van der Waals surface area contributed by atoms with E-state index in [1.807, 2.05) is 0 Å². The maximum Gasteiger partial charge on any atom is 0.0686 e. The Morgan fingerprint density at radius 1 is 1.29 bits per heavy atom. The molecule has 1 heteroatoms. The fourth-order valence-electron chi connectivity index (χ4n) is 3.11. The van der Waals surface area contributed by atoms with E-state index >= 15 is 0 Å². The second kappa shape index (κ2) is 7.04. The summed E-state index contributed by atoms with van der Waals surface area (Å²) in [6, 6.07) is 2.49. The van der Waals surface area contributed by atoms with E-state index in [4.69, 9.17) is 5.26 Å². The van der Waals surface area contributed by atoms with Gasteiger partial charge in [-0.1, -0.05) is 46.0 Å². The van der Waals surface area contributed by atoms with Crippen LogP contribution >= 0.6 is 0 Å². The normalized spacial score (nSPS) is 30.8. The molecular formula is C16H29N. The second-order valence-corrected chi connectivity index (χ2v) is 6.44. The van der Waals surface area contributed by atoms with E-state index in [1.165, 1.54) is 44.9 Å². The van der Waals surface area contributed by atoms with Gasteiger partial charge in [0.2, 0.25) is 0 Å². The number of nitriles is 1. The molecule has 0 aromatic heterocycles. The zero-order chi connectivity index (χ0) is 12.7. The van der Waals surface area contributed by atoms with Gasteiger partial charge in [0.15, 0.2) is 0 Å². The van der Waals surface area contributed by atoms with E-state index in [0.717, 1.165) is 24.7 Å². The van der Waals surface area contributed by atoms with E-state index in [0.29, 0.717) is 0 Å². The van der Waals surface area contributed by atoms with Crippen molar-refractivity contribution in [2.75, 3.05) is 0 Å². The Morgan fingerprint density at radius 2 is 1.94 bits per heavy atom. The summed E-state index contributed by atoms with van der Waals surface area (Å²) in [5.74, 6) is 1.82. The van der Waals surface area contributed by atoms with Gasteiger partial charge in [0.05, 0.1) is 11.5 Å². The van der Waals surface area contributed by atoms with E-state index in [9.17, 15) is 0 Å². The lowest BCUT2D eigenvalue weighted by atomic mass is 9.71. The van der Waals surface area contributed by atoms with Gasteiger partial charge < -0.3 is 0 Å². The fraction of sp³-hybridized carbons (Fsp3) is 0.938. The average molecular weight is 235 g/mol.